The van der Waals surface area contributed by atoms with Crippen LogP contribution in [0.5, 0.6) is 0 Å². The number of fused-ring (bicyclic) bond motifs is 2. The van der Waals surface area contributed by atoms with Gasteiger partial charge in [-0.25, -0.2) is 8.91 Å². The Kier molecular flexibility index (Phi) is 4.62. The van der Waals surface area contributed by atoms with Crippen LogP contribution in [0.4, 0.5) is 15.9 Å². The van der Waals surface area contributed by atoms with E-state index in [0.29, 0.717) is 29.1 Å². The fourth-order valence-electron chi connectivity index (χ4n) is 4.03. The molecular weight excluding hydrogens is 399 g/mol. The molecule has 1 aromatic carbocycles. The fraction of sp³-hybridized carbons (Fsp3) is 0.318. The van der Waals surface area contributed by atoms with E-state index in [-0.39, 0.29) is 24.2 Å². The lowest BCUT2D eigenvalue weighted by molar-refractivity contribution is -0.117. The SMILES string of the molecule is Cc1c(F)c(N(C)CCO)c2[nH]ncc2c1-c1ccn2nc(NC(=O)C3CC3)cc2c1. The van der Waals surface area contributed by atoms with Crippen molar-refractivity contribution < 1.29 is 14.3 Å². The molecule has 8 nitrogen and oxygen atoms in total. The number of aliphatic hydroxyl groups excluding tert-OH is 1. The number of hydrogen-bond donors (Lipinski definition) is 3. The molecule has 1 aliphatic carbocycles. The highest BCUT2D eigenvalue weighted by molar-refractivity contribution is 6.03. The number of aromatic nitrogens is 4. The Balaban J connectivity index is 1.60. The van der Waals surface area contributed by atoms with Gasteiger partial charge >= 0.3 is 0 Å². The van der Waals surface area contributed by atoms with Crippen molar-refractivity contribution in [1.29, 1.82) is 0 Å². The smallest absolute Gasteiger partial charge is 0.228 e. The van der Waals surface area contributed by atoms with Crippen LogP contribution in [0.2, 0.25) is 0 Å². The number of anilines is 2. The van der Waals surface area contributed by atoms with Crippen LogP contribution in [-0.2, 0) is 4.79 Å². The number of pyridine rings is 1. The average Bonchev–Trinajstić information content (AvgIpc) is 3.37. The maximum atomic E-state index is 15.4. The van der Waals surface area contributed by atoms with E-state index in [1.54, 1.807) is 35.8 Å². The zero-order chi connectivity index (χ0) is 21.7. The van der Waals surface area contributed by atoms with E-state index in [2.05, 4.69) is 20.6 Å². The van der Waals surface area contributed by atoms with E-state index in [1.807, 2.05) is 18.2 Å². The molecule has 0 unspecified atom stereocenters. The third-order valence-corrected chi connectivity index (χ3v) is 5.83. The number of carbonyl (C=O) groups is 1. The number of carbonyl (C=O) groups excluding carboxylic acids is 1. The lowest BCUT2D eigenvalue weighted by atomic mass is 9.95. The second kappa shape index (κ2) is 7.35. The quantitative estimate of drug-likeness (QED) is 0.444. The number of halogens is 1. The fourth-order valence-corrected chi connectivity index (χ4v) is 4.03. The van der Waals surface area contributed by atoms with Gasteiger partial charge in [-0.1, -0.05) is 0 Å². The Hall–Kier alpha value is -3.46. The van der Waals surface area contributed by atoms with Gasteiger partial charge in [0.15, 0.2) is 11.6 Å². The van der Waals surface area contributed by atoms with Crippen LogP contribution in [0.25, 0.3) is 27.5 Å². The number of nitrogens with zero attached hydrogens (tertiary/aromatic N) is 4. The van der Waals surface area contributed by atoms with E-state index >= 15 is 4.39 Å². The van der Waals surface area contributed by atoms with E-state index in [4.69, 9.17) is 0 Å². The Labute approximate surface area is 177 Å². The number of benzene rings is 1. The molecule has 3 heterocycles. The molecule has 1 fully saturated rings. The lowest BCUT2D eigenvalue weighted by Gasteiger charge is -2.22. The molecular formula is C22H23FN6O2. The Morgan fingerprint density at radius 2 is 2.23 bits per heavy atom. The van der Waals surface area contributed by atoms with E-state index < -0.39 is 0 Å². The minimum Gasteiger partial charge on any atom is -0.395 e. The summed E-state index contributed by atoms with van der Waals surface area (Å²) in [7, 11) is 1.74. The zero-order valence-electron chi connectivity index (χ0n) is 17.3. The molecule has 9 heteroatoms. The van der Waals surface area contributed by atoms with Gasteiger partial charge in [0.05, 0.1) is 29.5 Å². The summed E-state index contributed by atoms with van der Waals surface area (Å²) in [5.41, 5.74) is 3.83. The number of H-pyrrole nitrogens is 1. The van der Waals surface area contributed by atoms with Crippen LogP contribution in [0, 0.1) is 18.7 Å². The summed E-state index contributed by atoms with van der Waals surface area (Å²) in [6.45, 7) is 1.97. The number of rotatable bonds is 6. The molecule has 0 atom stereocenters. The van der Waals surface area contributed by atoms with Gasteiger partial charge in [0.25, 0.3) is 0 Å². The molecule has 4 aromatic rings. The van der Waals surface area contributed by atoms with Crippen LogP contribution >= 0.6 is 0 Å². The Morgan fingerprint density at radius 3 is 2.97 bits per heavy atom. The van der Waals surface area contributed by atoms with Crippen LogP contribution < -0.4 is 10.2 Å². The van der Waals surface area contributed by atoms with E-state index in [9.17, 15) is 9.90 Å². The highest BCUT2D eigenvalue weighted by atomic mass is 19.1. The highest BCUT2D eigenvalue weighted by Crippen LogP contribution is 2.39. The molecule has 1 amide bonds. The van der Waals surface area contributed by atoms with Gasteiger partial charge in [-0.2, -0.15) is 10.2 Å². The van der Waals surface area contributed by atoms with Gasteiger partial charge in [0.2, 0.25) is 5.91 Å². The first-order valence-electron chi connectivity index (χ1n) is 10.3. The molecule has 5 rings (SSSR count). The van der Waals surface area contributed by atoms with Crippen molar-refractivity contribution in [1.82, 2.24) is 19.8 Å². The third-order valence-electron chi connectivity index (χ3n) is 5.83. The van der Waals surface area contributed by atoms with Crippen molar-refractivity contribution in [2.24, 2.45) is 5.92 Å². The first kappa shape index (κ1) is 19.5. The predicted molar refractivity (Wildman–Crippen MR) is 117 cm³/mol. The normalized spacial score (nSPS) is 13.8. The van der Waals surface area contributed by atoms with Gasteiger partial charge < -0.3 is 15.3 Å². The predicted octanol–water partition coefficient (Wildman–Crippen LogP) is 3.10. The second-order valence-corrected chi connectivity index (χ2v) is 8.04. The third kappa shape index (κ3) is 3.31. The summed E-state index contributed by atoms with van der Waals surface area (Å²) in [4.78, 5) is 13.7. The average molecular weight is 422 g/mol. The monoisotopic (exact) mass is 422 g/mol. The Bertz CT molecular complexity index is 1310. The number of hydrogen-bond acceptors (Lipinski definition) is 5. The van der Waals surface area contributed by atoms with Crippen molar-refractivity contribution >= 4 is 33.8 Å². The molecule has 1 aliphatic rings. The lowest BCUT2D eigenvalue weighted by Crippen LogP contribution is -2.23. The molecule has 3 aromatic heterocycles. The van der Waals surface area contributed by atoms with Gasteiger partial charge in [0.1, 0.15) is 0 Å². The summed E-state index contributed by atoms with van der Waals surface area (Å²) >= 11 is 0. The van der Waals surface area contributed by atoms with Crippen molar-refractivity contribution in [3.8, 4) is 11.1 Å². The minimum atomic E-state index is -0.353. The van der Waals surface area contributed by atoms with Crippen molar-refractivity contribution in [2.45, 2.75) is 19.8 Å². The zero-order valence-corrected chi connectivity index (χ0v) is 17.3. The molecule has 0 radical (unpaired) electrons. The number of nitrogens with one attached hydrogen (secondary N) is 2. The van der Waals surface area contributed by atoms with E-state index in [0.717, 1.165) is 34.9 Å². The van der Waals surface area contributed by atoms with Gasteiger partial charge in [-0.3, -0.25) is 9.89 Å². The minimum absolute atomic E-state index is 0.00392. The van der Waals surface area contributed by atoms with Crippen molar-refractivity contribution in [3.05, 3.63) is 42.0 Å². The molecule has 0 aliphatic heterocycles. The first-order valence-corrected chi connectivity index (χ1v) is 10.3. The Morgan fingerprint density at radius 1 is 1.42 bits per heavy atom. The summed E-state index contributed by atoms with van der Waals surface area (Å²) in [5, 5.41) is 24.4. The van der Waals surface area contributed by atoms with Crippen molar-refractivity contribution in [2.75, 3.05) is 30.4 Å². The summed E-state index contributed by atoms with van der Waals surface area (Å²) in [6, 6.07) is 5.61. The molecule has 0 saturated heterocycles. The standard InChI is InChI=1S/C22H23FN6O2/c1-12-18(16-11-24-26-20(16)21(19(12)23)28(2)7-8-30)14-5-6-29-15(9-14)10-17(27-29)25-22(31)13-3-4-13/h5-6,9-11,13,30H,3-4,7-8H2,1-2H3,(H,24,26)(H,25,27,31). The van der Waals surface area contributed by atoms with Gasteiger partial charge in [-0.15, -0.1) is 0 Å². The van der Waals surface area contributed by atoms with Crippen LogP contribution in [0.1, 0.15) is 18.4 Å². The maximum absolute atomic E-state index is 15.4. The van der Waals surface area contributed by atoms with Gasteiger partial charge in [-0.05, 0) is 48.6 Å². The van der Waals surface area contributed by atoms with Crippen molar-refractivity contribution in [3.63, 3.8) is 0 Å². The largest absolute Gasteiger partial charge is 0.395 e. The summed E-state index contributed by atoms with van der Waals surface area (Å²) in [6.07, 6.45) is 5.35. The van der Waals surface area contributed by atoms with E-state index in [1.165, 1.54) is 0 Å². The number of aliphatic hydroxyl groups is 1. The second-order valence-electron chi connectivity index (χ2n) is 8.04. The summed E-state index contributed by atoms with van der Waals surface area (Å²) in [5.74, 6) is 0.256. The first-order chi connectivity index (χ1) is 15.0. The molecule has 0 bridgehead atoms. The molecule has 3 N–H and O–H groups in total. The van der Waals surface area contributed by atoms with Crippen LogP contribution in [0.3, 0.4) is 0 Å². The number of amides is 1. The van der Waals surface area contributed by atoms with Crippen LogP contribution in [-0.4, -0.2) is 51.0 Å². The highest BCUT2D eigenvalue weighted by Gasteiger charge is 2.30. The van der Waals surface area contributed by atoms with Gasteiger partial charge in [0, 0.05) is 37.2 Å². The topological polar surface area (TPSA) is 98.6 Å². The maximum Gasteiger partial charge on any atom is 0.228 e. The van der Waals surface area contributed by atoms with Crippen LogP contribution in [0.15, 0.2) is 30.6 Å². The molecule has 1 saturated carbocycles. The molecule has 31 heavy (non-hydrogen) atoms. The molecule has 0 spiro atoms. The molecule has 160 valence electrons. The number of aromatic amines is 1. The number of likely N-dealkylation sites (N-methyl/N-ethyl adjacent to an activating group) is 1. The summed E-state index contributed by atoms with van der Waals surface area (Å²) < 4.78 is 17.1.